The Morgan fingerprint density at radius 1 is 1.06 bits per heavy atom. The number of amides is 2. The Morgan fingerprint density at radius 3 is 2.15 bits per heavy atom. The number of benzene rings is 2. The molecule has 0 heterocycles. The van der Waals surface area contributed by atoms with Crippen molar-refractivity contribution in [3.8, 4) is 11.1 Å². The van der Waals surface area contributed by atoms with Gasteiger partial charge in [0.1, 0.15) is 12.1 Å². The Morgan fingerprint density at radius 2 is 1.62 bits per heavy atom. The molecule has 7 nitrogen and oxygen atoms in total. The maximum atomic E-state index is 12.6. The van der Waals surface area contributed by atoms with Crippen molar-refractivity contribution in [3.63, 3.8) is 0 Å². The number of hydrogen-bond acceptors (Lipinski definition) is 4. The van der Waals surface area contributed by atoms with E-state index in [1.807, 2.05) is 31.2 Å². The van der Waals surface area contributed by atoms with Crippen molar-refractivity contribution in [1.29, 1.82) is 0 Å². The molecule has 0 fully saturated rings. The molecule has 3 rings (SSSR count). The highest BCUT2D eigenvalue weighted by Gasteiger charge is 2.36. The number of fused-ring (bicyclic) bond motifs is 3. The van der Waals surface area contributed by atoms with E-state index in [1.54, 1.807) is 6.92 Å². The molecule has 0 spiro atoms. The van der Waals surface area contributed by atoms with Gasteiger partial charge in [-0.2, -0.15) is 0 Å². The van der Waals surface area contributed by atoms with Crippen LogP contribution in [0, 0.1) is 5.92 Å². The molecule has 34 heavy (non-hydrogen) atoms. The Hall–Kier alpha value is -3.35. The van der Waals surface area contributed by atoms with Gasteiger partial charge < -0.3 is 20.1 Å². The van der Waals surface area contributed by atoms with Crippen LogP contribution < -0.4 is 5.32 Å². The van der Waals surface area contributed by atoms with Crippen molar-refractivity contribution in [3.05, 3.63) is 59.7 Å². The van der Waals surface area contributed by atoms with Gasteiger partial charge in [0, 0.05) is 25.4 Å². The van der Waals surface area contributed by atoms with Crippen molar-refractivity contribution in [2.45, 2.75) is 52.0 Å². The first-order chi connectivity index (χ1) is 16.2. The number of carbonyl (C=O) groups excluding carboxylic acids is 2. The fraction of sp³-hybridized carbons (Fsp3) is 0.444. The summed E-state index contributed by atoms with van der Waals surface area (Å²) in [5, 5.41) is 12.2. The number of nitrogens with zero attached hydrogens (tertiary/aromatic N) is 1. The second kappa shape index (κ2) is 10.7. The number of alkyl carbamates (subject to hydrolysis) is 1. The monoisotopic (exact) mass is 466 g/mol. The van der Waals surface area contributed by atoms with E-state index in [2.05, 4.69) is 29.6 Å². The number of carboxylic acid groups (broad SMARTS) is 1. The summed E-state index contributed by atoms with van der Waals surface area (Å²) in [6.45, 7) is 7.71. The fourth-order valence-corrected chi connectivity index (χ4v) is 4.51. The van der Waals surface area contributed by atoms with Gasteiger partial charge in [0.15, 0.2) is 0 Å². The molecule has 7 heteroatoms. The second-order valence-electron chi connectivity index (χ2n) is 9.35. The lowest BCUT2D eigenvalue weighted by molar-refractivity contribution is -0.156. The molecule has 2 aromatic rings. The van der Waals surface area contributed by atoms with Crippen molar-refractivity contribution in [2.24, 2.45) is 5.92 Å². The topological polar surface area (TPSA) is 95.9 Å². The van der Waals surface area contributed by atoms with Gasteiger partial charge in [-0.1, -0.05) is 55.5 Å². The standard InChI is InChI=1S/C27H34N2O5/c1-5-29(27(3,4)25(31)32)24(30)15-14-18(2)16-28-26(33)34-17-23-21-12-8-6-10-19(21)20-11-7-9-13-22(20)23/h6-13,18,23H,5,14-17H2,1-4H3,(H,28,33)(H,31,32). The molecule has 0 radical (unpaired) electrons. The quantitative estimate of drug-likeness (QED) is 0.531. The molecule has 0 aromatic heterocycles. The van der Waals surface area contributed by atoms with E-state index in [0.29, 0.717) is 19.5 Å². The van der Waals surface area contributed by atoms with Crippen molar-refractivity contribution >= 4 is 18.0 Å². The SMILES string of the molecule is CCN(C(=O)CCC(C)CNC(=O)OCC1c2ccccc2-c2ccccc21)C(C)(C)C(=O)O. The van der Waals surface area contributed by atoms with Crippen LogP contribution in [0.5, 0.6) is 0 Å². The average Bonchev–Trinajstić information content (AvgIpc) is 3.14. The van der Waals surface area contributed by atoms with E-state index in [1.165, 1.54) is 29.9 Å². The van der Waals surface area contributed by atoms with Crippen molar-refractivity contribution < 1.29 is 24.2 Å². The van der Waals surface area contributed by atoms with Crippen molar-refractivity contribution in [2.75, 3.05) is 19.7 Å². The van der Waals surface area contributed by atoms with Gasteiger partial charge in [-0.05, 0) is 55.4 Å². The molecule has 0 bridgehead atoms. The molecule has 2 N–H and O–H groups in total. The molecule has 0 saturated heterocycles. The second-order valence-corrected chi connectivity index (χ2v) is 9.35. The summed E-state index contributed by atoms with van der Waals surface area (Å²) in [5.74, 6) is -1.20. The maximum absolute atomic E-state index is 12.6. The summed E-state index contributed by atoms with van der Waals surface area (Å²) in [7, 11) is 0. The van der Waals surface area contributed by atoms with Gasteiger partial charge in [-0.3, -0.25) is 4.79 Å². The Kier molecular flexibility index (Phi) is 7.97. The van der Waals surface area contributed by atoms with Crippen LogP contribution in [0.4, 0.5) is 4.79 Å². The van der Waals surface area contributed by atoms with E-state index in [9.17, 15) is 19.5 Å². The number of carbonyl (C=O) groups is 3. The van der Waals surface area contributed by atoms with Gasteiger partial charge >= 0.3 is 12.1 Å². The summed E-state index contributed by atoms with van der Waals surface area (Å²) in [5.41, 5.74) is 3.42. The third kappa shape index (κ3) is 5.41. The predicted molar refractivity (Wildman–Crippen MR) is 131 cm³/mol. The minimum atomic E-state index is -1.26. The Bertz CT molecular complexity index is 1000. The average molecular weight is 467 g/mol. The number of likely N-dealkylation sites (N-methyl/N-ethyl adjacent to an activating group) is 1. The number of carboxylic acids is 1. The zero-order valence-corrected chi connectivity index (χ0v) is 20.3. The van der Waals surface area contributed by atoms with Gasteiger partial charge in [-0.15, -0.1) is 0 Å². The van der Waals surface area contributed by atoms with Crippen LogP contribution in [-0.2, 0) is 14.3 Å². The molecule has 1 atom stereocenters. The molecule has 2 amide bonds. The first-order valence-corrected chi connectivity index (χ1v) is 11.8. The maximum Gasteiger partial charge on any atom is 0.407 e. The van der Waals surface area contributed by atoms with E-state index in [0.717, 1.165) is 11.1 Å². The van der Waals surface area contributed by atoms with E-state index < -0.39 is 17.6 Å². The number of hydrogen-bond donors (Lipinski definition) is 2. The van der Waals surface area contributed by atoms with Crippen LogP contribution in [0.2, 0.25) is 0 Å². The van der Waals surface area contributed by atoms with Crippen LogP contribution >= 0.6 is 0 Å². The number of ether oxygens (including phenoxy) is 1. The van der Waals surface area contributed by atoms with Crippen LogP contribution in [0.15, 0.2) is 48.5 Å². The molecule has 182 valence electrons. The summed E-state index contributed by atoms with van der Waals surface area (Å²) in [4.78, 5) is 37.8. The lowest BCUT2D eigenvalue weighted by atomic mass is 9.98. The summed E-state index contributed by atoms with van der Waals surface area (Å²) in [6, 6.07) is 16.4. The van der Waals surface area contributed by atoms with Gasteiger partial charge in [0.2, 0.25) is 5.91 Å². The smallest absolute Gasteiger partial charge is 0.407 e. The molecule has 0 aliphatic heterocycles. The minimum absolute atomic E-state index is 0.00538. The third-order valence-electron chi connectivity index (χ3n) is 6.60. The zero-order valence-electron chi connectivity index (χ0n) is 20.3. The number of aliphatic carboxylic acids is 1. The highest BCUT2D eigenvalue weighted by molar-refractivity contribution is 5.86. The molecule has 1 unspecified atom stereocenters. The van der Waals surface area contributed by atoms with Gasteiger partial charge in [-0.25, -0.2) is 9.59 Å². The predicted octanol–water partition coefficient (Wildman–Crippen LogP) is 4.65. The molecule has 1 aliphatic rings. The molecule has 2 aromatic carbocycles. The van der Waals surface area contributed by atoms with E-state index in [-0.39, 0.29) is 30.8 Å². The van der Waals surface area contributed by atoms with Gasteiger partial charge in [0.25, 0.3) is 0 Å². The summed E-state index contributed by atoms with van der Waals surface area (Å²) in [6.07, 6.45) is 0.273. The van der Waals surface area contributed by atoms with Crippen LogP contribution in [0.1, 0.15) is 57.6 Å². The first kappa shape index (κ1) is 25.3. The number of nitrogens with one attached hydrogen (secondary N) is 1. The summed E-state index contributed by atoms with van der Waals surface area (Å²) < 4.78 is 5.55. The highest BCUT2D eigenvalue weighted by Crippen LogP contribution is 2.44. The van der Waals surface area contributed by atoms with E-state index >= 15 is 0 Å². The summed E-state index contributed by atoms with van der Waals surface area (Å²) >= 11 is 0. The Labute approximate surface area is 201 Å². The zero-order chi connectivity index (χ0) is 24.9. The third-order valence-corrected chi connectivity index (χ3v) is 6.60. The molecular formula is C27H34N2O5. The molecule has 1 aliphatic carbocycles. The number of rotatable bonds is 10. The van der Waals surface area contributed by atoms with E-state index in [4.69, 9.17) is 4.74 Å². The first-order valence-electron chi connectivity index (χ1n) is 11.8. The van der Waals surface area contributed by atoms with Crippen molar-refractivity contribution in [1.82, 2.24) is 10.2 Å². The highest BCUT2D eigenvalue weighted by atomic mass is 16.5. The van der Waals surface area contributed by atoms with Crippen LogP contribution in [-0.4, -0.2) is 53.2 Å². The minimum Gasteiger partial charge on any atom is -0.480 e. The normalized spacial score (nSPS) is 13.5. The molecule has 0 saturated carbocycles. The lowest BCUT2D eigenvalue weighted by Gasteiger charge is -2.34. The fourth-order valence-electron chi connectivity index (χ4n) is 4.51. The Balaban J connectivity index is 1.47. The van der Waals surface area contributed by atoms with Crippen LogP contribution in [0.3, 0.4) is 0 Å². The van der Waals surface area contributed by atoms with Gasteiger partial charge in [0.05, 0.1) is 0 Å². The molecular weight excluding hydrogens is 432 g/mol. The largest absolute Gasteiger partial charge is 0.480 e. The van der Waals surface area contributed by atoms with Crippen LogP contribution in [0.25, 0.3) is 11.1 Å². The lowest BCUT2D eigenvalue weighted by Crippen LogP contribution is -2.52.